The molecule has 0 fully saturated rings. The van der Waals surface area contributed by atoms with Gasteiger partial charge in [0.25, 0.3) is 0 Å². The van der Waals surface area contributed by atoms with Gasteiger partial charge in [0.2, 0.25) is 11.8 Å². The zero-order valence-corrected chi connectivity index (χ0v) is 29.9. The van der Waals surface area contributed by atoms with E-state index in [1.54, 1.807) is 53.3 Å². The Balaban J connectivity index is 1.48. The fraction of sp³-hybridized carbons (Fsp3) is 0.250. The van der Waals surface area contributed by atoms with E-state index in [1.807, 2.05) is 79.0 Å². The number of nitrogens with one attached hydrogen (secondary N) is 1. The van der Waals surface area contributed by atoms with E-state index in [0.717, 1.165) is 38.9 Å². The molecule has 0 aliphatic rings. The molecule has 51 heavy (non-hydrogen) atoms. The number of methoxy groups -OCH3 is 1. The highest BCUT2D eigenvalue weighted by molar-refractivity contribution is 5.96. The number of likely N-dealkylation sites (N-methyl/N-ethyl adjacent to an activating group) is 1. The summed E-state index contributed by atoms with van der Waals surface area (Å²) in [5.41, 5.74) is 5.92. The molecule has 1 N–H and O–H groups in total. The highest BCUT2D eigenvalue weighted by Crippen LogP contribution is 2.38. The van der Waals surface area contributed by atoms with Crippen LogP contribution in [0.15, 0.2) is 79.3 Å². The van der Waals surface area contributed by atoms with Gasteiger partial charge in [-0.2, -0.15) is 0 Å². The van der Waals surface area contributed by atoms with Crippen molar-refractivity contribution in [2.75, 3.05) is 19.5 Å². The van der Waals surface area contributed by atoms with Gasteiger partial charge in [-0.05, 0) is 113 Å². The van der Waals surface area contributed by atoms with Gasteiger partial charge in [0, 0.05) is 47.8 Å². The second kappa shape index (κ2) is 13.9. The van der Waals surface area contributed by atoms with Gasteiger partial charge in [0.15, 0.2) is 0 Å². The van der Waals surface area contributed by atoms with Crippen molar-refractivity contribution in [3.05, 3.63) is 102 Å². The molecule has 5 aromatic heterocycles. The van der Waals surface area contributed by atoms with Crippen molar-refractivity contribution in [2.45, 2.75) is 53.2 Å². The van der Waals surface area contributed by atoms with Crippen LogP contribution in [-0.4, -0.2) is 67.0 Å². The van der Waals surface area contributed by atoms with E-state index in [9.17, 15) is 9.59 Å². The molecule has 0 saturated heterocycles. The van der Waals surface area contributed by atoms with Gasteiger partial charge < -0.3 is 14.8 Å². The summed E-state index contributed by atoms with van der Waals surface area (Å²) >= 11 is 0. The van der Waals surface area contributed by atoms with E-state index in [0.29, 0.717) is 28.4 Å². The van der Waals surface area contributed by atoms with E-state index in [4.69, 9.17) is 19.4 Å². The molecule has 6 aromatic rings. The second-order valence-electron chi connectivity index (χ2n) is 13.2. The molecule has 0 aliphatic carbocycles. The summed E-state index contributed by atoms with van der Waals surface area (Å²) in [5, 5.41) is 4.94. The van der Waals surface area contributed by atoms with Crippen LogP contribution in [-0.2, 0) is 9.53 Å². The normalized spacial score (nSPS) is 11.8. The zero-order chi connectivity index (χ0) is 36.4. The molecule has 5 heterocycles. The lowest BCUT2D eigenvalue weighted by Gasteiger charge is -2.28. The van der Waals surface area contributed by atoms with Crippen molar-refractivity contribution in [3.63, 3.8) is 0 Å². The number of hydrogen-bond acceptors (Lipinski definition) is 8. The highest BCUT2D eigenvalue weighted by Gasteiger charge is 2.28. The van der Waals surface area contributed by atoms with Crippen LogP contribution in [0.25, 0.3) is 38.9 Å². The monoisotopic (exact) mass is 681 g/mol. The first kappa shape index (κ1) is 34.6. The van der Waals surface area contributed by atoms with Gasteiger partial charge in [-0.15, -0.1) is 0 Å². The molecule has 6 rings (SSSR count). The Morgan fingerprint density at radius 2 is 1.75 bits per heavy atom. The van der Waals surface area contributed by atoms with E-state index >= 15 is 0 Å². The molecule has 0 spiro atoms. The van der Waals surface area contributed by atoms with Crippen LogP contribution >= 0.6 is 0 Å². The summed E-state index contributed by atoms with van der Waals surface area (Å²) < 4.78 is 13.1. The van der Waals surface area contributed by atoms with Crippen LogP contribution in [0.3, 0.4) is 0 Å². The third-order valence-electron chi connectivity index (χ3n) is 8.33. The molecule has 1 aromatic carbocycles. The first-order valence-electron chi connectivity index (χ1n) is 16.5. The van der Waals surface area contributed by atoms with Crippen LogP contribution < -0.4 is 10.1 Å². The summed E-state index contributed by atoms with van der Waals surface area (Å²) in [7, 11) is 3.09. The maximum Gasteiger partial charge on any atom is 0.410 e. The van der Waals surface area contributed by atoms with Crippen LogP contribution in [0.2, 0.25) is 0 Å². The topological polar surface area (TPSA) is 124 Å². The Kier molecular flexibility index (Phi) is 9.44. The predicted octanol–water partition coefficient (Wildman–Crippen LogP) is 7.23. The number of imidazole rings is 1. The van der Waals surface area contributed by atoms with Gasteiger partial charge >= 0.3 is 6.09 Å². The van der Waals surface area contributed by atoms with Crippen molar-refractivity contribution in [1.29, 1.82) is 0 Å². The summed E-state index contributed by atoms with van der Waals surface area (Å²) in [5.74, 6) is 6.83. The second-order valence-corrected chi connectivity index (χ2v) is 13.2. The predicted molar refractivity (Wildman–Crippen MR) is 197 cm³/mol. The summed E-state index contributed by atoms with van der Waals surface area (Å²) in [6, 6.07) is 18.4. The van der Waals surface area contributed by atoms with Gasteiger partial charge in [-0.25, -0.2) is 19.7 Å². The molecule has 258 valence electrons. The molecule has 0 saturated carbocycles. The largest absolute Gasteiger partial charge is 0.481 e. The number of fused-ring (bicyclic) bond motifs is 2. The number of ether oxygens (including phenoxy) is 2. The lowest BCUT2D eigenvalue weighted by molar-refractivity contribution is -0.120. The number of nitrogens with zero attached hydrogens (tertiary/aromatic N) is 6. The standard InChI is InChI=1S/C40H39N7O4/c1-24-18-21-47-34(22-24)45-35(31-10-9-19-42-38(31)50-8)36(47)30-14-16-33(44-37(48)26(3)46(7)39(49)51-40(4,5)6)43-32(30)15-12-27-11-13-29-25(2)41-20-17-28(29)23-27/h9-11,13-14,16-23,26H,1-8H3,(H,43,44,48). The van der Waals surface area contributed by atoms with Gasteiger partial charge in [0.05, 0.1) is 18.4 Å². The maximum absolute atomic E-state index is 13.4. The number of pyridine rings is 4. The van der Waals surface area contributed by atoms with E-state index in [-0.39, 0.29) is 5.82 Å². The van der Waals surface area contributed by atoms with E-state index < -0.39 is 23.6 Å². The first-order valence-corrected chi connectivity index (χ1v) is 16.5. The zero-order valence-electron chi connectivity index (χ0n) is 29.9. The molecule has 1 atom stereocenters. The third kappa shape index (κ3) is 7.35. The Bertz CT molecular complexity index is 2370. The molecular weight excluding hydrogens is 642 g/mol. The molecule has 1 unspecified atom stereocenters. The van der Waals surface area contributed by atoms with Crippen molar-refractivity contribution in [2.24, 2.45) is 0 Å². The number of hydrogen-bond donors (Lipinski definition) is 1. The summed E-state index contributed by atoms with van der Waals surface area (Å²) in [6.45, 7) is 10.9. The molecule has 11 nitrogen and oxygen atoms in total. The quantitative estimate of drug-likeness (QED) is 0.183. The Morgan fingerprint density at radius 1 is 0.941 bits per heavy atom. The highest BCUT2D eigenvalue weighted by atomic mass is 16.6. The lowest BCUT2D eigenvalue weighted by atomic mass is 10.0. The van der Waals surface area contributed by atoms with Gasteiger partial charge in [-0.3, -0.25) is 19.1 Å². The number of carbonyl (C=O) groups is 2. The smallest absolute Gasteiger partial charge is 0.410 e. The van der Waals surface area contributed by atoms with Crippen molar-refractivity contribution in [3.8, 4) is 40.2 Å². The lowest BCUT2D eigenvalue weighted by Crippen LogP contribution is -2.45. The van der Waals surface area contributed by atoms with Crippen LogP contribution in [0.1, 0.15) is 50.2 Å². The number of benzene rings is 1. The SMILES string of the molecule is COc1ncccc1-c1nc2cc(C)ccn2c1-c1ccc(NC(=O)C(C)N(C)C(=O)OC(C)(C)C)nc1C#Cc1ccc2c(C)nccc2c1. The van der Waals surface area contributed by atoms with Crippen LogP contribution in [0, 0.1) is 25.7 Å². The minimum absolute atomic E-state index is 0.267. The van der Waals surface area contributed by atoms with Crippen LogP contribution in [0.5, 0.6) is 5.88 Å². The molecule has 11 heteroatoms. The Morgan fingerprint density at radius 3 is 2.51 bits per heavy atom. The molecule has 0 radical (unpaired) electrons. The van der Waals surface area contributed by atoms with Crippen molar-refractivity contribution < 1.29 is 19.1 Å². The van der Waals surface area contributed by atoms with Crippen molar-refractivity contribution in [1.82, 2.24) is 29.2 Å². The third-order valence-corrected chi connectivity index (χ3v) is 8.33. The molecule has 0 bridgehead atoms. The average molecular weight is 682 g/mol. The van der Waals surface area contributed by atoms with E-state index in [1.165, 1.54) is 11.9 Å². The first-order chi connectivity index (χ1) is 24.3. The fourth-order valence-electron chi connectivity index (χ4n) is 5.58. The Labute approximate surface area is 296 Å². The Hall–Kier alpha value is -6.28. The maximum atomic E-state index is 13.4. The number of amides is 2. The van der Waals surface area contributed by atoms with Gasteiger partial charge in [0.1, 0.15) is 34.5 Å². The summed E-state index contributed by atoms with van der Waals surface area (Å²) in [4.78, 5) is 46.1. The minimum Gasteiger partial charge on any atom is -0.481 e. The summed E-state index contributed by atoms with van der Waals surface area (Å²) in [6.07, 6.45) is 4.80. The van der Waals surface area contributed by atoms with Crippen LogP contribution in [0.4, 0.5) is 10.6 Å². The van der Waals surface area contributed by atoms with E-state index in [2.05, 4.69) is 27.1 Å². The molecule has 0 aliphatic heterocycles. The molecule has 2 amide bonds. The number of aromatic nitrogens is 5. The van der Waals surface area contributed by atoms with Crippen molar-refractivity contribution >= 4 is 34.2 Å². The van der Waals surface area contributed by atoms with Gasteiger partial charge in [-0.1, -0.05) is 12.0 Å². The average Bonchev–Trinajstić information content (AvgIpc) is 3.47. The number of anilines is 1. The minimum atomic E-state index is -0.849. The fourth-order valence-corrected chi connectivity index (χ4v) is 5.58. The number of aryl methyl sites for hydroxylation is 2. The number of rotatable bonds is 6. The molecular formula is C40H39N7O4. The number of carbonyl (C=O) groups excluding carboxylic acids is 2.